The molecule has 1 atom stereocenters. The summed E-state index contributed by atoms with van der Waals surface area (Å²) in [6.07, 6.45) is 0. The van der Waals surface area contributed by atoms with Crippen LogP contribution in [0.4, 0.5) is 0 Å². The van der Waals surface area contributed by atoms with Crippen molar-refractivity contribution in [2.75, 3.05) is 0 Å². The van der Waals surface area contributed by atoms with Crippen LogP contribution in [0, 0.1) is 0 Å². The zero-order chi connectivity index (χ0) is 17.6. The van der Waals surface area contributed by atoms with E-state index in [1.807, 2.05) is 42.5 Å². The molecule has 3 nitrogen and oxygen atoms in total. The second-order valence-corrected chi connectivity index (χ2v) is 5.78. The van der Waals surface area contributed by atoms with Crippen molar-refractivity contribution < 1.29 is 14.3 Å². The Morgan fingerprint density at radius 1 is 0.760 bits per heavy atom. The highest BCUT2D eigenvalue weighted by atomic mass is 16.5. The number of esters is 1. The van der Waals surface area contributed by atoms with Crippen molar-refractivity contribution in [2.45, 2.75) is 12.8 Å². The molecule has 0 amide bonds. The monoisotopic (exact) mass is 330 g/mol. The van der Waals surface area contributed by atoms with Crippen molar-refractivity contribution in [3.05, 3.63) is 102 Å². The van der Waals surface area contributed by atoms with Gasteiger partial charge in [0.25, 0.3) is 0 Å². The fourth-order valence-electron chi connectivity index (χ4n) is 2.53. The maximum atomic E-state index is 12.6. The summed E-state index contributed by atoms with van der Waals surface area (Å²) in [6.45, 7) is 1.78. The van der Waals surface area contributed by atoms with Crippen molar-refractivity contribution >= 4 is 11.8 Å². The molecule has 1 unspecified atom stereocenters. The van der Waals surface area contributed by atoms with E-state index in [4.69, 9.17) is 4.74 Å². The van der Waals surface area contributed by atoms with E-state index < -0.39 is 5.92 Å². The minimum Gasteiger partial charge on any atom is -0.426 e. The Kier molecular flexibility index (Phi) is 5.05. The first-order valence-electron chi connectivity index (χ1n) is 8.11. The molecule has 0 aliphatic carbocycles. The number of hydrogen-bond donors (Lipinski definition) is 0. The van der Waals surface area contributed by atoms with Gasteiger partial charge in [0.15, 0.2) is 5.78 Å². The van der Waals surface area contributed by atoms with Crippen molar-refractivity contribution in [3.63, 3.8) is 0 Å². The molecule has 0 saturated carbocycles. The molecule has 0 spiro atoms. The fraction of sp³-hybridized carbons (Fsp3) is 0.0909. The highest BCUT2D eigenvalue weighted by Crippen LogP contribution is 2.21. The third kappa shape index (κ3) is 4.01. The molecule has 3 rings (SSSR count). The lowest BCUT2D eigenvalue weighted by Crippen LogP contribution is -2.16. The largest absolute Gasteiger partial charge is 0.426 e. The standard InChI is InChI=1S/C22H18O3/c1-16(22(24)25-20-13-6-3-7-14-20)18-11-8-12-19(15-18)21(23)17-9-4-2-5-10-17/h2-16H,1H3. The highest BCUT2D eigenvalue weighted by molar-refractivity contribution is 6.09. The zero-order valence-electron chi connectivity index (χ0n) is 13.9. The van der Waals surface area contributed by atoms with E-state index in [9.17, 15) is 9.59 Å². The van der Waals surface area contributed by atoms with Gasteiger partial charge < -0.3 is 4.74 Å². The summed E-state index contributed by atoms with van der Waals surface area (Å²) in [7, 11) is 0. The second-order valence-electron chi connectivity index (χ2n) is 5.78. The molecular weight excluding hydrogens is 312 g/mol. The maximum Gasteiger partial charge on any atom is 0.318 e. The molecule has 0 radical (unpaired) electrons. The summed E-state index contributed by atoms with van der Waals surface area (Å²) >= 11 is 0. The van der Waals surface area contributed by atoms with Gasteiger partial charge in [-0.1, -0.05) is 66.7 Å². The topological polar surface area (TPSA) is 43.4 Å². The van der Waals surface area contributed by atoms with E-state index in [0.29, 0.717) is 16.9 Å². The van der Waals surface area contributed by atoms with Gasteiger partial charge in [0.2, 0.25) is 0 Å². The van der Waals surface area contributed by atoms with E-state index in [1.165, 1.54) is 0 Å². The lowest BCUT2D eigenvalue weighted by atomic mass is 9.96. The molecule has 3 heteroatoms. The van der Waals surface area contributed by atoms with Gasteiger partial charge in [-0.2, -0.15) is 0 Å². The van der Waals surface area contributed by atoms with Gasteiger partial charge in [0, 0.05) is 11.1 Å². The molecule has 0 bridgehead atoms. The smallest absolute Gasteiger partial charge is 0.318 e. The number of rotatable bonds is 5. The highest BCUT2D eigenvalue weighted by Gasteiger charge is 2.19. The molecule has 3 aromatic rings. The van der Waals surface area contributed by atoms with Crippen molar-refractivity contribution in [1.29, 1.82) is 0 Å². The summed E-state index contributed by atoms with van der Waals surface area (Å²) in [6, 6.07) is 25.2. The minimum absolute atomic E-state index is 0.0638. The summed E-state index contributed by atoms with van der Waals surface area (Å²) in [5, 5.41) is 0. The lowest BCUT2D eigenvalue weighted by Gasteiger charge is -2.12. The predicted octanol–water partition coefficient (Wildman–Crippen LogP) is 4.63. The summed E-state index contributed by atoms with van der Waals surface area (Å²) in [5.74, 6) is -0.374. The zero-order valence-corrected chi connectivity index (χ0v) is 13.9. The molecule has 3 aromatic carbocycles. The third-order valence-corrected chi connectivity index (χ3v) is 4.00. The number of ether oxygens (including phenoxy) is 1. The Morgan fingerprint density at radius 3 is 2.04 bits per heavy atom. The predicted molar refractivity (Wildman–Crippen MR) is 96.8 cm³/mol. The van der Waals surface area contributed by atoms with Crippen LogP contribution in [0.25, 0.3) is 0 Å². The number of para-hydroxylation sites is 1. The van der Waals surface area contributed by atoms with E-state index >= 15 is 0 Å². The number of carbonyl (C=O) groups excluding carboxylic acids is 2. The van der Waals surface area contributed by atoms with E-state index in [-0.39, 0.29) is 11.8 Å². The SMILES string of the molecule is CC(C(=O)Oc1ccccc1)c1cccc(C(=O)c2ccccc2)c1. The summed E-state index contributed by atoms with van der Waals surface area (Å²) in [5.41, 5.74) is 1.94. The first-order chi connectivity index (χ1) is 12.1. The van der Waals surface area contributed by atoms with Crippen LogP contribution in [0.1, 0.15) is 34.3 Å². The molecule has 25 heavy (non-hydrogen) atoms. The Bertz CT molecular complexity index is 870. The van der Waals surface area contributed by atoms with Crippen LogP contribution < -0.4 is 4.74 Å². The number of carbonyl (C=O) groups is 2. The van der Waals surface area contributed by atoms with Gasteiger partial charge in [-0.05, 0) is 30.7 Å². The van der Waals surface area contributed by atoms with Gasteiger partial charge in [-0.15, -0.1) is 0 Å². The van der Waals surface area contributed by atoms with E-state index in [1.54, 1.807) is 49.4 Å². The number of hydrogen-bond acceptors (Lipinski definition) is 3. The van der Waals surface area contributed by atoms with Gasteiger partial charge in [-0.3, -0.25) is 9.59 Å². The average molecular weight is 330 g/mol. The Hall–Kier alpha value is -3.20. The molecule has 0 aromatic heterocycles. The molecule has 0 fully saturated rings. The van der Waals surface area contributed by atoms with Crippen LogP contribution in [0.3, 0.4) is 0 Å². The van der Waals surface area contributed by atoms with Crippen LogP contribution in [0.15, 0.2) is 84.9 Å². The molecule has 0 aliphatic heterocycles. The van der Waals surface area contributed by atoms with Gasteiger partial charge in [0.1, 0.15) is 5.75 Å². The van der Waals surface area contributed by atoms with Crippen molar-refractivity contribution in [2.24, 2.45) is 0 Å². The Labute approximate surface area is 146 Å². The Balaban J connectivity index is 1.79. The van der Waals surface area contributed by atoms with Crippen molar-refractivity contribution in [3.8, 4) is 5.75 Å². The quantitative estimate of drug-likeness (QED) is 0.389. The minimum atomic E-state index is -0.469. The normalized spacial score (nSPS) is 11.6. The van der Waals surface area contributed by atoms with Crippen LogP contribution in [0.5, 0.6) is 5.75 Å². The molecule has 0 aliphatic rings. The molecule has 0 N–H and O–H groups in total. The molecule has 124 valence electrons. The maximum absolute atomic E-state index is 12.6. The molecule has 0 saturated heterocycles. The lowest BCUT2D eigenvalue weighted by molar-refractivity contribution is -0.135. The van der Waals surface area contributed by atoms with Gasteiger partial charge in [-0.25, -0.2) is 0 Å². The van der Waals surface area contributed by atoms with E-state index in [2.05, 4.69) is 0 Å². The number of benzene rings is 3. The number of ketones is 1. The van der Waals surface area contributed by atoms with Crippen LogP contribution in [-0.2, 0) is 4.79 Å². The van der Waals surface area contributed by atoms with Crippen LogP contribution in [0.2, 0.25) is 0 Å². The third-order valence-electron chi connectivity index (χ3n) is 4.00. The van der Waals surface area contributed by atoms with Gasteiger partial charge in [0.05, 0.1) is 5.92 Å². The van der Waals surface area contributed by atoms with E-state index in [0.717, 1.165) is 5.56 Å². The molecule has 0 heterocycles. The second kappa shape index (κ2) is 7.58. The van der Waals surface area contributed by atoms with Crippen LogP contribution in [-0.4, -0.2) is 11.8 Å². The average Bonchev–Trinajstić information content (AvgIpc) is 2.68. The molecular formula is C22H18O3. The first-order valence-corrected chi connectivity index (χ1v) is 8.11. The van der Waals surface area contributed by atoms with Crippen LogP contribution >= 0.6 is 0 Å². The summed E-state index contributed by atoms with van der Waals surface area (Å²) in [4.78, 5) is 24.9. The van der Waals surface area contributed by atoms with Gasteiger partial charge >= 0.3 is 5.97 Å². The summed E-state index contributed by atoms with van der Waals surface area (Å²) < 4.78 is 5.39. The first kappa shape index (κ1) is 16.7. The Morgan fingerprint density at radius 2 is 1.36 bits per heavy atom. The van der Waals surface area contributed by atoms with Crippen molar-refractivity contribution in [1.82, 2.24) is 0 Å². The fourth-order valence-corrected chi connectivity index (χ4v) is 2.53.